The molecule has 1 aliphatic rings. The molecule has 1 amide bonds. The van der Waals surface area contributed by atoms with E-state index >= 15 is 0 Å². The predicted molar refractivity (Wildman–Crippen MR) is 110 cm³/mol. The van der Waals surface area contributed by atoms with Crippen molar-refractivity contribution in [3.8, 4) is 0 Å². The van der Waals surface area contributed by atoms with E-state index in [9.17, 15) is 14.0 Å². The third-order valence-electron chi connectivity index (χ3n) is 5.81. The molecule has 2 atom stereocenters. The van der Waals surface area contributed by atoms with Crippen LogP contribution in [0.1, 0.15) is 48.5 Å². The van der Waals surface area contributed by atoms with Gasteiger partial charge in [-0.1, -0.05) is 38.0 Å². The third kappa shape index (κ3) is 3.92. The number of halogens is 1. The minimum Gasteiger partial charge on any atom is -0.349 e. The average molecular weight is 393 g/mol. The quantitative estimate of drug-likeness (QED) is 0.731. The molecule has 2 heterocycles. The average Bonchev–Trinajstić information content (AvgIpc) is 2.73. The van der Waals surface area contributed by atoms with Crippen LogP contribution in [0.2, 0.25) is 0 Å². The highest BCUT2D eigenvalue weighted by Crippen LogP contribution is 2.24. The van der Waals surface area contributed by atoms with Crippen LogP contribution in [0.25, 0.3) is 11.0 Å². The summed E-state index contributed by atoms with van der Waals surface area (Å²) in [5.41, 5.74) is 0.420. The van der Waals surface area contributed by atoms with Crippen LogP contribution in [0.5, 0.6) is 0 Å². The molecule has 1 N–H and O–H groups in total. The van der Waals surface area contributed by atoms with E-state index in [4.69, 9.17) is 0 Å². The number of aromatic nitrogens is 2. The van der Waals surface area contributed by atoms with Gasteiger partial charge in [0.2, 0.25) is 0 Å². The number of amides is 1. The standard InChI is InChI=1S/C23H24FN3O2/c1-15-7-2-5-11-20(15)26-22(28)18-13-16-9-6-12-25-21(16)27(23(18)29)14-17-8-3-4-10-19(17)24/h3-4,6,8-10,12-13,15,20H,2,5,7,11,14H2,1H3,(H,26,28). The number of rotatable bonds is 4. The molecule has 5 nitrogen and oxygen atoms in total. The van der Waals surface area contributed by atoms with Gasteiger partial charge in [-0.15, -0.1) is 0 Å². The van der Waals surface area contributed by atoms with Crippen molar-refractivity contribution in [1.82, 2.24) is 14.9 Å². The van der Waals surface area contributed by atoms with Crippen molar-refractivity contribution in [2.75, 3.05) is 0 Å². The highest BCUT2D eigenvalue weighted by Gasteiger charge is 2.25. The van der Waals surface area contributed by atoms with Crippen LogP contribution < -0.4 is 10.9 Å². The Morgan fingerprint density at radius 1 is 1.21 bits per heavy atom. The summed E-state index contributed by atoms with van der Waals surface area (Å²) in [6.07, 6.45) is 5.83. The molecule has 0 bridgehead atoms. The number of carbonyl (C=O) groups excluding carboxylic acids is 1. The predicted octanol–water partition coefficient (Wildman–Crippen LogP) is 3.89. The van der Waals surface area contributed by atoms with Gasteiger partial charge in [0.15, 0.2) is 0 Å². The lowest BCUT2D eigenvalue weighted by molar-refractivity contribution is 0.0908. The van der Waals surface area contributed by atoms with Gasteiger partial charge in [0.25, 0.3) is 11.5 Å². The summed E-state index contributed by atoms with van der Waals surface area (Å²) in [6.45, 7) is 2.14. The fourth-order valence-corrected chi connectivity index (χ4v) is 4.09. The van der Waals surface area contributed by atoms with Crippen molar-refractivity contribution in [1.29, 1.82) is 0 Å². The highest BCUT2D eigenvalue weighted by molar-refractivity contribution is 5.97. The van der Waals surface area contributed by atoms with E-state index in [1.54, 1.807) is 42.6 Å². The molecule has 0 aliphatic heterocycles. The molecule has 0 radical (unpaired) electrons. The molecule has 0 spiro atoms. The zero-order chi connectivity index (χ0) is 20.4. The molecule has 1 aliphatic carbocycles. The van der Waals surface area contributed by atoms with Gasteiger partial charge >= 0.3 is 0 Å². The van der Waals surface area contributed by atoms with E-state index in [2.05, 4.69) is 17.2 Å². The Balaban J connectivity index is 1.75. The van der Waals surface area contributed by atoms with E-state index in [1.807, 2.05) is 0 Å². The largest absolute Gasteiger partial charge is 0.349 e. The van der Waals surface area contributed by atoms with Gasteiger partial charge in [-0.25, -0.2) is 9.37 Å². The topological polar surface area (TPSA) is 64.0 Å². The second-order valence-electron chi connectivity index (χ2n) is 7.80. The van der Waals surface area contributed by atoms with Crippen molar-refractivity contribution in [3.63, 3.8) is 0 Å². The number of nitrogens with zero attached hydrogens (tertiary/aromatic N) is 2. The number of hydrogen-bond donors (Lipinski definition) is 1. The Hall–Kier alpha value is -3.02. The molecule has 3 aromatic rings. The number of benzene rings is 1. The van der Waals surface area contributed by atoms with Crippen LogP contribution in [0.4, 0.5) is 4.39 Å². The fourth-order valence-electron chi connectivity index (χ4n) is 4.09. The molecule has 150 valence electrons. The monoisotopic (exact) mass is 393 g/mol. The molecule has 4 rings (SSSR count). The summed E-state index contributed by atoms with van der Waals surface area (Å²) in [7, 11) is 0. The molecule has 0 saturated heterocycles. The van der Waals surface area contributed by atoms with E-state index in [0.717, 1.165) is 19.3 Å². The smallest absolute Gasteiger partial charge is 0.265 e. The second-order valence-corrected chi connectivity index (χ2v) is 7.80. The number of nitrogens with one attached hydrogen (secondary N) is 1. The van der Waals surface area contributed by atoms with Gasteiger partial charge in [0.1, 0.15) is 17.0 Å². The van der Waals surface area contributed by atoms with Gasteiger partial charge in [0.05, 0.1) is 6.54 Å². The van der Waals surface area contributed by atoms with Crippen molar-refractivity contribution in [2.24, 2.45) is 5.92 Å². The Kier molecular flexibility index (Phi) is 5.43. The normalized spacial score (nSPS) is 19.2. The van der Waals surface area contributed by atoms with E-state index in [-0.39, 0.29) is 24.1 Å². The molecule has 1 saturated carbocycles. The summed E-state index contributed by atoms with van der Waals surface area (Å²) in [5.74, 6) is -0.383. The fraction of sp³-hybridized carbons (Fsp3) is 0.348. The number of carbonyl (C=O) groups is 1. The summed E-state index contributed by atoms with van der Waals surface area (Å²) in [4.78, 5) is 30.5. The molecule has 1 aromatic carbocycles. The van der Waals surface area contributed by atoms with Crippen molar-refractivity contribution in [2.45, 2.75) is 45.2 Å². The van der Waals surface area contributed by atoms with Crippen LogP contribution in [0, 0.1) is 11.7 Å². The molecular formula is C23H24FN3O2. The maximum Gasteiger partial charge on any atom is 0.265 e. The first-order chi connectivity index (χ1) is 14.0. The molecular weight excluding hydrogens is 369 g/mol. The third-order valence-corrected chi connectivity index (χ3v) is 5.81. The van der Waals surface area contributed by atoms with Crippen molar-refractivity contribution < 1.29 is 9.18 Å². The van der Waals surface area contributed by atoms with Crippen LogP contribution in [-0.4, -0.2) is 21.5 Å². The highest BCUT2D eigenvalue weighted by atomic mass is 19.1. The number of pyridine rings is 2. The van der Waals surface area contributed by atoms with Gasteiger partial charge in [-0.3, -0.25) is 14.2 Å². The van der Waals surface area contributed by atoms with Gasteiger partial charge in [-0.05, 0) is 43.0 Å². The van der Waals surface area contributed by atoms with E-state index in [0.29, 0.717) is 22.5 Å². The van der Waals surface area contributed by atoms with Gasteiger partial charge in [-0.2, -0.15) is 0 Å². The molecule has 2 unspecified atom stereocenters. The molecule has 29 heavy (non-hydrogen) atoms. The van der Waals surface area contributed by atoms with Crippen molar-refractivity contribution in [3.05, 3.63) is 76.0 Å². The lowest BCUT2D eigenvalue weighted by Gasteiger charge is -2.29. The maximum atomic E-state index is 14.2. The lowest BCUT2D eigenvalue weighted by Crippen LogP contribution is -2.43. The van der Waals surface area contributed by atoms with Crippen molar-refractivity contribution >= 4 is 16.9 Å². The Labute approximate surface area is 168 Å². The first-order valence-corrected chi connectivity index (χ1v) is 10.1. The van der Waals surface area contributed by atoms with Crippen LogP contribution in [-0.2, 0) is 6.54 Å². The first-order valence-electron chi connectivity index (χ1n) is 10.1. The number of hydrogen-bond acceptors (Lipinski definition) is 3. The van der Waals surface area contributed by atoms with Crippen LogP contribution in [0.3, 0.4) is 0 Å². The second kappa shape index (κ2) is 8.15. The van der Waals surface area contributed by atoms with Gasteiger partial charge < -0.3 is 5.32 Å². The SMILES string of the molecule is CC1CCCCC1NC(=O)c1cc2cccnc2n(Cc2ccccc2F)c1=O. The summed E-state index contributed by atoms with van der Waals surface area (Å²) in [5, 5.41) is 3.72. The Morgan fingerprint density at radius 2 is 2.00 bits per heavy atom. The van der Waals surface area contributed by atoms with E-state index in [1.165, 1.54) is 17.1 Å². The Bertz CT molecular complexity index is 1110. The summed E-state index contributed by atoms with van der Waals surface area (Å²) < 4.78 is 15.6. The number of fused-ring (bicyclic) bond motifs is 1. The molecule has 1 fully saturated rings. The van der Waals surface area contributed by atoms with E-state index < -0.39 is 11.4 Å². The minimum absolute atomic E-state index is 0.0139. The van der Waals surface area contributed by atoms with Gasteiger partial charge in [0, 0.05) is 23.2 Å². The Morgan fingerprint density at radius 3 is 2.79 bits per heavy atom. The van der Waals surface area contributed by atoms with Crippen LogP contribution in [0.15, 0.2) is 53.5 Å². The lowest BCUT2D eigenvalue weighted by atomic mass is 9.86. The molecule has 2 aromatic heterocycles. The zero-order valence-electron chi connectivity index (χ0n) is 16.4. The summed E-state index contributed by atoms with van der Waals surface area (Å²) in [6, 6.07) is 11.5. The molecule has 6 heteroatoms. The zero-order valence-corrected chi connectivity index (χ0v) is 16.4. The summed E-state index contributed by atoms with van der Waals surface area (Å²) >= 11 is 0. The van der Waals surface area contributed by atoms with Crippen LogP contribution >= 0.6 is 0 Å². The first kappa shape index (κ1) is 19.3. The minimum atomic E-state index is -0.458. The maximum absolute atomic E-state index is 14.2.